The van der Waals surface area contributed by atoms with E-state index in [-0.39, 0.29) is 11.1 Å². The molecule has 200 valence electrons. The molecule has 0 aliphatic carbocycles. The van der Waals surface area contributed by atoms with E-state index in [2.05, 4.69) is 15.6 Å². The van der Waals surface area contributed by atoms with Crippen molar-refractivity contribution < 1.29 is 14.7 Å². The molecule has 6 nitrogen and oxygen atoms in total. The molecule has 0 spiro atoms. The fraction of sp³-hybridized carbons (Fsp3) is 0.182. The van der Waals surface area contributed by atoms with Crippen molar-refractivity contribution >= 4 is 34.8 Å². The van der Waals surface area contributed by atoms with Crippen LogP contribution in [-0.4, -0.2) is 22.9 Å². The second kappa shape index (κ2) is 13.2. The van der Waals surface area contributed by atoms with Crippen LogP contribution in [0.3, 0.4) is 0 Å². The van der Waals surface area contributed by atoms with Crippen LogP contribution in [-0.2, 0) is 9.59 Å². The summed E-state index contributed by atoms with van der Waals surface area (Å²) < 4.78 is 0. The number of ketones is 2. The number of Topliss-reactive ketones (excluding diaryl/α,β-unsaturated/α-hetero) is 1. The molecule has 0 saturated heterocycles. The summed E-state index contributed by atoms with van der Waals surface area (Å²) in [7, 11) is 0. The summed E-state index contributed by atoms with van der Waals surface area (Å²) in [6.07, 6.45) is 6.18. The molecule has 0 amide bonds. The second-order valence-corrected chi connectivity index (χ2v) is 9.49. The van der Waals surface area contributed by atoms with Crippen molar-refractivity contribution in [2.45, 2.75) is 41.5 Å². The number of carbonyl (C=O) groups excluding carboxylic acids is 2. The van der Waals surface area contributed by atoms with Crippen molar-refractivity contribution in [2.75, 3.05) is 10.6 Å². The first kappa shape index (κ1) is 28.9. The summed E-state index contributed by atoms with van der Waals surface area (Å²) in [5.41, 5.74) is 7.98. The topological polar surface area (TPSA) is 90.8 Å². The Bertz CT molecular complexity index is 1450. The lowest BCUT2D eigenvalue weighted by atomic mass is 10.0. The third kappa shape index (κ3) is 7.20. The van der Waals surface area contributed by atoms with E-state index in [1.807, 2.05) is 96.1 Å². The van der Waals surface area contributed by atoms with Crippen LogP contribution < -0.4 is 10.6 Å². The highest BCUT2D eigenvalue weighted by Gasteiger charge is 2.20. The maximum absolute atomic E-state index is 13.5. The molecule has 0 aliphatic heterocycles. The number of nitrogens with one attached hydrogen (secondary N) is 2. The van der Waals surface area contributed by atoms with E-state index in [4.69, 9.17) is 0 Å². The summed E-state index contributed by atoms with van der Waals surface area (Å²) >= 11 is 0. The lowest BCUT2D eigenvalue weighted by Gasteiger charge is -2.11. The molecule has 3 N–H and O–H groups in total. The minimum Gasteiger partial charge on any atom is -0.515 e. The smallest absolute Gasteiger partial charge is 0.203 e. The number of aliphatic hydroxyl groups excluding tert-OH is 1. The Kier molecular flexibility index (Phi) is 9.76. The van der Waals surface area contributed by atoms with Gasteiger partial charge in [0.1, 0.15) is 0 Å². The monoisotopic (exact) mass is 521 g/mol. The summed E-state index contributed by atoms with van der Waals surface area (Å²) in [6.45, 7) is 11.7. The highest BCUT2D eigenvalue weighted by molar-refractivity contribution is 6.34. The zero-order valence-corrected chi connectivity index (χ0v) is 23.3. The number of rotatable bonds is 10. The third-order valence-electron chi connectivity index (χ3n) is 6.47. The van der Waals surface area contributed by atoms with E-state index >= 15 is 0 Å². The van der Waals surface area contributed by atoms with Crippen molar-refractivity contribution in [3.63, 3.8) is 0 Å². The van der Waals surface area contributed by atoms with Crippen LogP contribution in [0.15, 0.2) is 95.5 Å². The number of aliphatic hydroxyl groups is 1. The minimum absolute atomic E-state index is 0.114. The molecule has 0 saturated carbocycles. The lowest BCUT2D eigenvalue weighted by molar-refractivity contribution is -0.117. The highest BCUT2D eigenvalue weighted by Crippen LogP contribution is 2.24. The first-order valence-corrected chi connectivity index (χ1v) is 12.7. The van der Waals surface area contributed by atoms with Gasteiger partial charge in [0.15, 0.2) is 5.78 Å². The van der Waals surface area contributed by atoms with Crippen LogP contribution >= 0.6 is 0 Å². The molecule has 0 heterocycles. The van der Waals surface area contributed by atoms with Crippen LogP contribution in [0, 0.1) is 41.5 Å². The summed E-state index contributed by atoms with van der Waals surface area (Å²) in [4.78, 5) is 31.3. The number of carbonyl (C=O) groups is 2. The van der Waals surface area contributed by atoms with E-state index in [0.717, 1.165) is 44.8 Å². The van der Waals surface area contributed by atoms with Crippen LogP contribution in [0.1, 0.15) is 33.4 Å². The molecule has 39 heavy (non-hydrogen) atoms. The number of para-hydroxylation sites is 3. The summed E-state index contributed by atoms with van der Waals surface area (Å²) in [6, 6.07) is 17.5. The molecular weight excluding hydrogens is 486 g/mol. The zero-order valence-electron chi connectivity index (χ0n) is 23.3. The first-order chi connectivity index (χ1) is 18.6. The summed E-state index contributed by atoms with van der Waals surface area (Å²) in [5, 5.41) is 16.2. The highest BCUT2D eigenvalue weighted by atomic mass is 16.2. The largest absolute Gasteiger partial charge is 0.515 e. The number of aliphatic imine (C=N–C) groups is 1. The maximum Gasteiger partial charge on any atom is 0.203 e. The molecule has 0 radical (unpaired) electrons. The van der Waals surface area contributed by atoms with Gasteiger partial charge in [0.05, 0.1) is 23.1 Å². The van der Waals surface area contributed by atoms with Crippen molar-refractivity contribution in [2.24, 2.45) is 4.99 Å². The minimum atomic E-state index is -0.659. The van der Waals surface area contributed by atoms with E-state index in [0.29, 0.717) is 11.9 Å². The zero-order chi connectivity index (χ0) is 28.5. The fourth-order valence-electron chi connectivity index (χ4n) is 4.22. The number of hydrogen-bond donors (Lipinski definition) is 3. The Morgan fingerprint density at radius 3 is 1.67 bits per heavy atom. The molecule has 0 aliphatic rings. The van der Waals surface area contributed by atoms with Gasteiger partial charge >= 0.3 is 0 Å². The van der Waals surface area contributed by atoms with Gasteiger partial charge in [0.25, 0.3) is 0 Å². The van der Waals surface area contributed by atoms with Gasteiger partial charge < -0.3 is 15.7 Å². The van der Waals surface area contributed by atoms with Crippen molar-refractivity contribution in [1.29, 1.82) is 0 Å². The SMILES string of the molecule is Cc1cccc(C)c1N=C/C(=C\O)C(=O)/C(=C/Nc1c(C)cccc1C)C(=O)/C=C/Nc1c(C)cccc1C. The molecule has 0 fully saturated rings. The quantitative estimate of drug-likeness (QED) is 0.0848. The van der Waals surface area contributed by atoms with Crippen LogP contribution in [0.4, 0.5) is 17.1 Å². The van der Waals surface area contributed by atoms with Gasteiger partial charge in [-0.15, -0.1) is 0 Å². The van der Waals surface area contributed by atoms with Gasteiger partial charge in [0, 0.05) is 36.1 Å². The molecule has 3 aromatic rings. The molecule has 0 aromatic heterocycles. The Labute approximate surface area is 230 Å². The molecular formula is C33H35N3O3. The second-order valence-electron chi connectivity index (χ2n) is 9.49. The third-order valence-corrected chi connectivity index (χ3v) is 6.47. The van der Waals surface area contributed by atoms with Gasteiger partial charge in [-0.05, 0) is 74.9 Å². The summed E-state index contributed by atoms with van der Waals surface area (Å²) in [5.74, 6) is -1.19. The van der Waals surface area contributed by atoms with Gasteiger partial charge in [0.2, 0.25) is 5.78 Å². The maximum atomic E-state index is 13.5. The van der Waals surface area contributed by atoms with E-state index < -0.39 is 11.6 Å². The predicted octanol–water partition coefficient (Wildman–Crippen LogP) is 7.44. The fourth-order valence-corrected chi connectivity index (χ4v) is 4.22. The van der Waals surface area contributed by atoms with E-state index in [1.165, 1.54) is 24.7 Å². The van der Waals surface area contributed by atoms with E-state index in [9.17, 15) is 14.7 Å². The van der Waals surface area contributed by atoms with Gasteiger partial charge in [-0.3, -0.25) is 14.6 Å². The Balaban J connectivity index is 1.95. The van der Waals surface area contributed by atoms with Gasteiger partial charge in [-0.2, -0.15) is 0 Å². The lowest BCUT2D eigenvalue weighted by Crippen LogP contribution is -2.16. The van der Waals surface area contributed by atoms with Crippen LogP contribution in [0.5, 0.6) is 0 Å². The molecule has 0 unspecified atom stereocenters. The molecule has 0 atom stereocenters. The van der Waals surface area contributed by atoms with E-state index in [1.54, 1.807) is 0 Å². The number of hydrogen-bond acceptors (Lipinski definition) is 6. The Morgan fingerprint density at radius 2 is 1.18 bits per heavy atom. The molecule has 6 heteroatoms. The number of anilines is 2. The van der Waals surface area contributed by atoms with Crippen molar-refractivity contribution in [3.05, 3.63) is 124 Å². The average molecular weight is 522 g/mol. The van der Waals surface area contributed by atoms with Crippen LogP contribution in [0.25, 0.3) is 0 Å². The standard InChI is InChI=1S/C33H35N3O3/c1-21-10-7-11-22(2)30(21)34-17-16-29(38)28(19-36-32-25(5)14-9-15-26(32)6)33(39)27(20-37)18-35-31-23(3)12-8-13-24(31)4/h7-20,34,36-37H,1-6H3/b17-16+,27-20+,28-19+,35-18?. The predicted molar refractivity (Wildman–Crippen MR) is 161 cm³/mol. The molecule has 3 aromatic carbocycles. The molecule has 0 bridgehead atoms. The number of aryl methyl sites for hydroxylation is 6. The van der Waals surface area contributed by atoms with Gasteiger partial charge in [-0.25, -0.2) is 0 Å². The van der Waals surface area contributed by atoms with Crippen LogP contribution in [0.2, 0.25) is 0 Å². The van der Waals surface area contributed by atoms with Crippen molar-refractivity contribution in [3.8, 4) is 0 Å². The number of benzene rings is 3. The van der Waals surface area contributed by atoms with Gasteiger partial charge in [-0.1, -0.05) is 54.6 Å². The number of nitrogens with zero attached hydrogens (tertiary/aromatic N) is 1. The van der Waals surface area contributed by atoms with Crippen molar-refractivity contribution in [1.82, 2.24) is 0 Å². The first-order valence-electron chi connectivity index (χ1n) is 12.7. The average Bonchev–Trinajstić information content (AvgIpc) is 2.89. The number of allylic oxidation sites excluding steroid dienone is 3. The Hall–Kier alpha value is -4.71. The molecule has 3 rings (SSSR count). The Morgan fingerprint density at radius 1 is 0.718 bits per heavy atom. The normalized spacial score (nSPS) is 12.3.